The minimum Gasteiger partial charge on any atom is -0.384 e. The van der Waals surface area contributed by atoms with E-state index in [-0.39, 0.29) is 5.15 Å². The van der Waals surface area contributed by atoms with Crippen LogP contribution in [-0.2, 0) is 10.9 Å². The van der Waals surface area contributed by atoms with Gasteiger partial charge in [0.1, 0.15) is 11.0 Å². The fourth-order valence-electron chi connectivity index (χ4n) is 2.37. The van der Waals surface area contributed by atoms with Crippen LogP contribution in [0.1, 0.15) is 18.4 Å². The highest BCUT2D eigenvalue weighted by Gasteiger charge is 2.32. The molecule has 0 aliphatic carbocycles. The highest BCUT2D eigenvalue weighted by Crippen LogP contribution is 2.33. The Morgan fingerprint density at radius 2 is 2.00 bits per heavy atom. The van der Waals surface area contributed by atoms with Crippen molar-refractivity contribution in [3.63, 3.8) is 0 Å². The van der Waals surface area contributed by atoms with Gasteiger partial charge in [-0.2, -0.15) is 13.2 Å². The molecule has 2 heterocycles. The summed E-state index contributed by atoms with van der Waals surface area (Å²) in [5.74, 6) is 0.748. The second-order valence-corrected chi connectivity index (χ2v) is 5.31. The number of hydrogen-bond acceptors (Lipinski definition) is 3. The summed E-state index contributed by atoms with van der Waals surface area (Å²) >= 11 is 5.70. The average Bonchev–Trinajstić information content (AvgIpc) is 2.38. The fourth-order valence-corrected chi connectivity index (χ4v) is 2.58. The zero-order chi connectivity index (χ0) is 14.8. The summed E-state index contributed by atoms with van der Waals surface area (Å²) in [5.41, 5.74) is -0.758. The summed E-state index contributed by atoms with van der Waals surface area (Å²) in [6.07, 6.45) is -2.65. The Morgan fingerprint density at radius 3 is 2.55 bits per heavy atom. The molecule has 7 heteroatoms. The lowest BCUT2D eigenvalue weighted by Gasteiger charge is -2.32. The molecule has 1 saturated heterocycles. The monoisotopic (exact) mass is 308 g/mol. The molecular weight excluding hydrogens is 293 g/mol. The maximum atomic E-state index is 12.8. The number of halogens is 4. The third-order valence-corrected chi connectivity index (χ3v) is 3.64. The minimum atomic E-state index is -4.41. The lowest BCUT2D eigenvalue weighted by atomic mass is 9.98. The van der Waals surface area contributed by atoms with Gasteiger partial charge in [0.05, 0.1) is 5.56 Å². The molecule has 112 valence electrons. The molecule has 1 aliphatic rings. The topological polar surface area (TPSA) is 25.4 Å². The molecule has 0 spiro atoms. The van der Waals surface area contributed by atoms with Gasteiger partial charge in [-0.25, -0.2) is 4.98 Å². The summed E-state index contributed by atoms with van der Waals surface area (Å²) in [6, 6.07) is 1.91. The Bertz CT molecular complexity index is 459. The lowest BCUT2D eigenvalue weighted by Crippen LogP contribution is -2.35. The van der Waals surface area contributed by atoms with Gasteiger partial charge >= 0.3 is 6.18 Å². The van der Waals surface area contributed by atoms with E-state index < -0.39 is 11.7 Å². The number of nitrogens with zero attached hydrogens (tertiary/aromatic N) is 2. The summed E-state index contributed by atoms with van der Waals surface area (Å²) in [4.78, 5) is 5.84. The zero-order valence-electron chi connectivity index (χ0n) is 11.1. The van der Waals surface area contributed by atoms with Gasteiger partial charge in [0.2, 0.25) is 0 Å². The highest BCUT2D eigenvalue weighted by atomic mass is 35.5. The molecule has 0 bridgehead atoms. The lowest BCUT2D eigenvalue weighted by molar-refractivity contribution is -0.137. The molecular formula is C13H16ClF3N2O. The van der Waals surface area contributed by atoms with Crippen LogP contribution in [0, 0.1) is 5.92 Å². The number of hydrogen-bond donors (Lipinski definition) is 0. The van der Waals surface area contributed by atoms with E-state index in [1.807, 2.05) is 4.90 Å². The first kappa shape index (κ1) is 15.4. The van der Waals surface area contributed by atoms with Crippen LogP contribution in [0.2, 0.25) is 5.15 Å². The number of piperidine rings is 1. The first-order chi connectivity index (χ1) is 9.40. The number of anilines is 1. The van der Waals surface area contributed by atoms with Gasteiger partial charge in [-0.15, -0.1) is 0 Å². The van der Waals surface area contributed by atoms with Gasteiger partial charge in [-0.05, 0) is 30.9 Å². The molecule has 1 aliphatic heterocycles. The second-order valence-electron chi connectivity index (χ2n) is 4.92. The summed E-state index contributed by atoms with van der Waals surface area (Å²) < 4.78 is 43.4. The third-order valence-electron chi connectivity index (χ3n) is 3.45. The predicted molar refractivity (Wildman–Crippen MR) is 71.1 cm³/mol. The predicted octanol–water partition coefficient (Wildman–Crippen LogP) is 3.62. The summed E-state index contributed by atoms with van der Waals surface area (Å²) in [7, 11) is 1.65. The number of methoxy groups -OCH3 is 1. The molecule has 1 aromatic heterocycles. The Hall–Kier alpha value is -1.01. The molecule has 2 rings (SSSR count). The summed E-state index contributed by atoms with van der Waals surface area (Å²) in [6.45, 7) is 2.02. The standard InChI is InChI=1S/C13H16ClF3N2O/c1-20-8-9-2-4-19(5-3-9)12-7-10(13(15,16)17)6-11(14)18-12/h6-7,9H,2-5,8H2,1H3. The van der Waals surface area contributed by atoms with E-state index >= 15 is 0 Å². The SMILES string of the molecule is COCC1CCN(c2cc(C(F)(F)F)cc(Cl)n2)CC1. The van der Waals surface area contributed by atoms with Crippen molar-refractivity contribution in [2.45, 2.75) is 19.0 Å². The molecule has 0 atom stereocenters. The first-order valence-electron chi connectivity index (χ1n) is 6.39. The van der Waals surface area contributed by atoms with Crippen LogP contribution in [0.5, 0.6) is 0 Å². The van der Waals surface area contributed by atoms with Gasteiger partial charge in [0.15, 0.2) is 0 Å². The van der Waals surface area contributed by atoms with Gasteiger partial charge in [0, 0.05) is 26.8 Å². The van der Waals surface area contributed by atoms with E-state index in [1.54, 1.807) is 7.11 Å². The fraction of sp³-hybridized carbons (Fsp3) is 0.615. The molecule has 1 aromatic rings. The maximum Gasteiger partial charge on any atom is 0.416 e. The minimum absolute atomic E-state index is 0.131. The van der Waals surface area contributed by atoms with E-state index in [0.717, 1.165) is 25.0 Å². The second kappa shape index (κ2) is 6.18. The van der Waals surface area contributed by atoms with Crippen LogP contribution in [0.15, 0.2) is 12.1 Å². The quantitative estimate of drug-likeness (QED) is 0.798. The van der Waals surface area contributed by atoms with Crippen molar-refractivity contribution in [3.05, 3.63) is 22.8 Å². The Balaban J connectivity index is 2.12. The van der Waals surface area contributed by atoms with Crippen molar-refractivity contribution in [1.29, 1.82) is 0 Å². The Kier molecular flexibility index (Phi) is 4.75. The van der Waals surface area contributed by atoms with Gasteiger partial charge in [0.25, 0.3) is 0 Å². The number of ether oxygens (including phenoxy) is 1. The van der Waals surface area contributed by atoms with Gasteiger partial charge < -0.3 is 9.64 Å². The number of rotatable bonds is 3. The molecule has 0 amide bonds. The molecule has 20 heavy (non-hydrogen) atoms. The van der Waals surface area contributed by atoms with Crippen molar-refractivity contribution in [2.75, 3.05) is 31.7 Å². The maximum absolute atomic E-state index is 12.8. The van der Waals surface area contributed by atoms with E-state index in [9.17, 15) is 13.2 Å². The van der Waals surface area contributed by atoms with Crippen LogP contribution < -0.4 is 4.90 Å². The van der Waals surface area contributed by atoms with Crippen molar-refractivity contribution in [3.8, 4) is 0 Å². The van der Waals surface area contributed by atoms with E-state index in [4.69, 9.17) is 16.3 Å². The van der Waals surface area contributed by atoms with Gasteiger partial charge in [-0.1, -0.05) is 11.6 Å². The zero-order valence-corrected chi connectivity index (χ0v) is 11.8. The van der Waals surface area contributed by atoms with E-state index in [0.29, 0.717) is 31.4 Å². The third kappa shape index (κ3) is 3.76. The Labute approximate surface area is 120 Å². The molecule has 3 nitrogen and oxygen atoms in total. The molecule has 1 fully saturated rings. The van der Waals surface area contributed by atoms with E-state index in [2.05, 4.69) is 4.98 Å². The Morgan fingerprint density at radius 1 is 1.35 bits per heavy atom. The normalized spacial score (nSPS) is 17.6. The molecule has 0 N–H and O–H groups in total. The average molecular weight is 309 g/mol. The largest absolute Gasteiger partial charge is 0.416 e. The van der Waals surface area contributed by atoms with Gasteiger partial charge in [-0.3, -0.25) is 0 Å². The molecule has 0 saturated carbocycles. The van der Waals surface area contributed by atoms with Crippen molar-refractivity contribution in [1.82, 2.24) is 4.98 Å². The van der Waals surface area contributed by atoms with Crippen molar-refractivity contribution >= 4 is 17.4 Å². The van der Waals surface area contributed by atoms with Crippen LogP contribution >= 0.6 is 11.6 Å². The smallest absolute Gasteiger partial charge is 0.384 e. The number of pyridine rings is 1. The van der Waals surface area contributed by atoms with Crippen molar-refractivity contribution < 1.29 is 17.9 Å². The summed E-state index contributed by atoms with van der Waals surface area (Å²) in [5, 5.41) is -0.131. The number of aromatic nitrogens is 1. The number of alkyl halides is 3. The first-order valence-corrected chi connectivity index (χ1v) is 6.76. The van der Waals surface area contributed by atoms with Crippen LogP contribution in [-0.4, -0.2) is 31.8 Å². The highest BCUT2D eigenvalue weighted by molar-refractivity contribution is 6.29. The molecule has 0 aromatic carbocycles. The molecule has 0 unspecified atom stereocenters. The van der Waals surface area contributed by atoms with Crippen LogP contribution in [0.25, 0.3) is 0 Å². The molecule has 0 radical (unpaired) electrons. The van der Waals surface area contributed by atoms with Crippen LogP contribution in [0.3, 0.4) is 0 Å². The van der Waals surface area contributed by atoms with E-state index in [1.165, 1.54) is 0 Å². The van der Waals surface area contributed by atoms with Crippen LogP contribution in [0.4, 0.5) is 19.0 Å². The van der Waals surface area contributed by atoms with Crippen molar-refractivity contribution in [2.24, 2.45) is 5.92 Å².